The minimum Gasteiger partial charge on any atom is -0.399 e. The summed E-state index contributed by atoms with van der Waals surface area (Å²) in [5.41, 5.74) is 6.77. The lowest BCUT2D eigenvalue weighted by atomic mass is 10.2. The van der Waals surface area contributed by atoms with Gasteiger partial charge in [0.25, 0.3) is 0 Å². The molecule has 2 rings (SSSR count). The fraction of sp³-hybridized carbons (Fsp3) is 0.154. The molecule has 1 atom stereocenters. The van der Waals surface area contributed by atoms with Gasteiger partial charge in [-0.2, -0.15) is 0 Å². The van der Waals surface area contributed by atoms with Crippen molar-refractivity contribution in [1.29, 1.82) is 0 Å². The van der Waals surface area contributed by atoms with Crippen LogP contribution in [0.4, 0.5) is 10.1 Å². The van der Waals surface area contributed by atoms with Crippen LogP contribution in [-0.4, -0.2) is 14.9 Å². The Morgan fingerprint density at radius 3 is 2.83 bits per heavy atom. The number of hydrogen-bond acceptors (Lipinski definition) is 3. The smallest absolute Gasteiger partial charge is 0.141 e. The van der Waals surface area contributed by atoms with Gasteiger partial charge >= 0.3 is 0 Å². The molecular formula is C13H13FN2OS. The molecule has 0 aliphatic rings. The standard InChI is InChI=1S/C13H13FN2OS/c14-12-8-11(15)3-4-13(12)18(17)7-5-10-2-1-6-16-9-10/h1-4,6,8-9H,5,7,15H2. The van der Waals surface area contributed by atoms with Gasteiger partial charge in [-0.25, -0.2) is 4.39 Å². The van der Waals surface area contributed by atoms with Crippen LogP contribution in [0.2, 0.25) is 0 Å². The van der Waals surface area contributed by atoms with Gasteiger partial charge < -0.3 is 5.73 Å². The number of halogens is 1. The van der Waals surface area contributed by atoms with Crippen molar-refractivity contribution in [2.24, 2.45) is 0 Å². The van der Waals surface area contributed by atoms with Crippen molar-refractivity contribution in [3.8, 4) is 0 Å². The average molecular weight is 264 g/mol. The summed E-state index contributed by atoms with van der Waals surface area (Å²) in [6, 6.07) is 7.95. The molecule has 0 fully saturated rings. The monoisotopic (exact) mass is 264 g/mol. The van der Waals surface area contributed by atoms with Crippen LogP contribution in [0.3, 0.4) is 0 Å². The normalized spacial score (nSPS) is 12.3. The Morgan fingerprint density at radius 1 is 1.33 bits per heavy atom. The Morgan fingerprint density at radius 2 is 2.17 bits per heavy atom. The molecule has 0 amide bonds. The topological polar surface area (TPSA) is 56.0 Å². The molecule has 1 aromatic carbocycles. The van der Waals surface area contributed by atoms with Gasteiger partial charge in [-0.15, -0.1) is 0 Å². The van der Waals surface area contributed by atoms with Gasteiger partial charge in [-0.3, -0.25) is 9.19 Å². The molecule has 1 unspecified atom stereocenters. The van der Waals surface area contributed by atoms with Gasteiger partial charge in [0, 0.05) is 23.8 Å². The number of anilines is 1. The van der Waals surface area contributed by atoms with E-state index < -0.39 is 16.6 Å². The molecule has 0 aliphatic heterocycles. The van der Waals surface area contributed by atoms with Crippen LogP contribution >= 0.6 is 0 Å². The van der Waals surface area contributed by atoms with Crippen LogP contribution in [-0.2, 0) is 17.2 Å². The Bertz CT molecular complexity index is 560. The summed E-state index contributed by atoms with van der Waals surface area (Å²) in [6.45, 7) is 0. The van der Waals surface area contributed by atoms with Crippen LogP contribution in [0.5, 0.6) is 0 Å². The molecular weight excluding hydrogens is 251 g/mol. The molecule has 1 aromatic heterocycles. The van der Waals surface area contributed by atoms with E-state index in [0.717, 1.165) is 5.56 Å². The summed E-state index contributed by atoms with van der Waals surface area (Å²) >= 11 is 0. The minimum absolute atomic E-state index is 0.202. The fourth-order valence-corrected chi connectivity index (χ4v) is 2.71. The molecule has 0 bridgehead atoms. The number of nitrogens with two attached hydrogens (primary N) is 1. The number of hydrogen-bond donors (Lipinski definition) is 1. The number of rotatable bonds is 4. The zero-order valence-corrected chi connectivity index (χ0v) is 10.5. The van der Waals surface area contributed by atoms with Gasteiger partial charge in [-0.05, 0) is 36.2 Å². The summed E-state index contributed by atoms with van der Waals surface area (Å²) in [4.78, 5) is 4.18. The van der Waals surface area contributed by atoms with Crippen LogP contribution in [0.1, 0.15) is 5.56 Å². The third-order valence-corrected chi connectivity index (χ3v) is 3.90. The lowest BCUT2D eigenvalue weighted by Gasteiger charge is -2.04. The maximum atomic E-state index is 13.5. The molecule has 18 heavy (non-hydrogen) atoms. The molecule has 0 aliphatic carbocycles. The Kier molecular flexibility index (Phi) is 4.04. The highest BCUT2D eigenvalue weighted by molar-refractivity contribution is 7.85. The number of aromatic nitrogens is 1. The zero-order valence-electron chi connectivity index (χ0n) is 9.67. The highest BCUT2D eigenvalue weighted by Gasteiger charge is 2.10. The number of aryl methyl sites for hydroxylation is 1. The van der Waals surface area contributed by atoms with Gasteiger partial charge in [0.1, 0.15) is 5.82 Å². The first-order valence-corrected chi connectivity index (χ1v) is 6.81. The maximum Gasteiger partial charge on any atom is 0.141 e. The van der Waals surface area contributed by atoms with Crippen molar-refractivity contribution in [3.05, 3.63) is 54.1 Å². The second kappa shape index (κ2) is 5.73. The SMILES string of the molecule is Nc1ccc(S(=O)CCc2cccnc2)c(F)c1. The average Bonchev–Trinajstić information content (AvgIpc) is 2.37. The largest absolute Gasteiger partial charge is 0.399 e. The summed E-state index contributed by atoms with van der Waals surface area (Å²) in [6.07, 6.45) is 4.00. The third-order valence-electron chi connectivity index (χ3n) is 2.50. The van der Waals surface area contributed by atoms with E-state index >= 15 is 0 Å². The van der Waals surface area contributed by atoms with E-state index in [4.69, 9.17) is 5.73 Å². The van der Waals surface area contributed by atoms with Crippen LogP contribution < -0.4 is 5.73 Å². The van der Waals surface area contributed by atoms with E-state index in [-0.39, 0.29) is 4.90 Å². The number of benzene rings is 1. The molecule has 94 valence electrons. The predicted octanol–water partition coefficient (Wildman–Crippen LogP) is 2.15. The number of pyridine rings is 1. The lowest BCUT2D eigenvalue weighted by Crippen LogP contribution is -2.04. The molecule has 0 saturated heterocycles. The molecule has 0 radical (unpaired) electrons. The Hall–Kier alpha value is -1.75. The fourth-order valence-electron chi connectivity index (χ4n) is 1.57. The predicted molar refractivity (Wildman–Crippen MR) is 70.0 cm³/mol. The van der Waals surface area contributed by atoms with Crippen molar-refractivity contribution in [2.45, 2.75) is 11.3 Å². The highest BCUT2D eigenvalue weighted by atomic mass is 32.2. The van der Waals surface area contributed by atoms with E-state index in [1.54, 1.807) is 18.5 Å². The number of nitrogen functional groups attached to an aromatic ring is 1. The van der Waals surface area contributed by atoms with Crippen LogP contribution in [0.25, 0.3) is 0 Å². The van der Waals surface area contributed by atoms with Crippen molar-refractivity contribution in [1.82, 2.24) is 4.98 Å². The van der Waals surface area contributed by atoms with Crippen LogP contribution in [0.15, 0.2) is 47.6 Å². The van der Waals surface area contributed by atoms with E-state index in [2.05, 4.69) is 4.98 Å². The van der Waals surface area contributed by atoms with Gasteiger partial charge in [0.15, 0.2) is 0 Å². The molecule has 0 saturated carbocycles. The van der Waals surface area contributed by atoms with Gasteiger partial charge in [0.2, 0.25) is 0 Å². The summed E-state index contributed by atoms with van der Waals surface area (Å²) in [5, 5.41) is 0. The Labute approximate surface area is 107 Å². The maximum absolute atomic E-state index is 13.5. The molecule has 5 heteroatoms. The molecule has 2 N–H and O–H groups in total. The molecule has 1 heterocycles. The second-order valence-electron chi connectivity index (χ2n) is 3.85. The van der Waals surface area contributed by atoms with Crippen molar-refractivity contribution >= 4 is 16.5 Å². The lowest BCUT2D eigenvalue weighted by molar-refractivity contribution is 0.596. The number of nitrogens with zero attached hydrogens (tertiary/aromatic N) is 1. The first kappa shape index (κ1) is 12.7. The van der Waals surface area contributed by atoms with E-state index in [1.165, 1.54) is 12.1 Å². The molecule has 2 aromatic rings. The molecule has 3 nitrogen and oxygen atoms in total. The van der Waals surface area contributed by atoms with Crippen molar-refractivity contribution in [2.75, 3.05) is 11.5 Å². The second-order valence-corrected chi connectivity index (χ2v) is 5.39. The summed E-state index contributed by atoms with van der Waals surface area (Å²) < 4.78 is 25.5. The van der Waals surface area contributed by atoms with E-state index in [1.807, 2.05) is 12.1 Å². The minimum atomic E-state index is -1.36. The van der Waals surface area contributed by atoms with Crippen LogP contribution in [0, 0.1) is 5.82 Å². The van der Waals surface area contributed by atoms with E-state index in [0.29, 0.717) is 17.9 Å². The van der Waals surface area contributed by atoms with Crippen molar-refractivity contribution < 1.29 is 8.60 Å². The summed E-state index contributed by atoms with van der Waals surface area (Å²) in [7, 11) is -1.36. The first-order valence-electron chi connectivity index (χ1n) is 5.49. The van der Waals surface area contributed by atoms with E-state index in [9.17, 15) is 8.60 Å². The zero-order chi connectivity index (χ0) is 13.0. The summed E-state index contributed by atoms with van der Waals surface area (Å²) in [5.74, 6) is -0.147. The Balaban J connectivity index is 2.04. The molecule has 0 spiro atoms. The van der Waals surface area contributed by atoms with Gasteiger partial charge in [-0.1, -0.05) is 6.07 Å². The third kappa shape index (κ3) is 3.13. The quantitative estimate of drug-likeness (QED) is 0.861. The highest BCUT2D eigenvalue weighted by Crippen LogP contribution is 2.16. The van der Waals surface area contributed by atoms with Crippen molar-refractivity contribution in [3.63, 3.8) is 0 Å². The van der Waals surface area contributed by atoms with Gasteiger partial charge in [0.05, 0.1) is 15.7 Å². The first-order chi connectivity index (χ1) is 8.66.